The monoisotopic (exact) mass is 475 g/mol. The van der Waals surface area contributed by atoms with E-state index in [0.717, 1.165) is 37.7 Å². The molecular formula is C17H30IN7O. The normalized spacial score (nSPS) is 19.3. The number of aromatic nitrogens is 3. The summed E-state index contributed by atoms with van der Waals surface area (Å²) in [6.07, 6.45) is 8.53. The molecule has 8 nitrogen and oxygen atoms in total. The fourth-order valence-electron chi connectivity index (χ4n) is 3.55. The highest BCUT2D eigenvalue weighted by Crippen LogP contribution is 2.25. The van der Waals surface area contributed by atoms with Crippen LogP contribution in [0.4, 0.5) is 0 Å². The molecule has 1 amide bonds. The first-order valence-corrected chi connectivity index (χ1v) is 9.25. The largest absolute Gasteiger partial charge is 0.353 e. The van der Waals surface area contributed by atoms with Gasteiger partial charge < -0.3 is 15.1 Å². The third kappa shape index (κ3) is 5.55. The summed E-state index contributed by atoms with van der Waals surface area (Å²) in [7, 11) is 3.54. The first kappa shape index (κ1) is 20.9. The second kappa shape index (κ2) is 10.1. The molecule has 2 fully saturated rings. The summed E-state index contributed by atoms with van der Waals surface area (Å²) in [4.78, 5) is 24.7. The Morgan fingerprint density at radius 2 is 2.00 bits per heavy atom. The van der Waals surface area contributed by atoms with Gasteiger partial charge >= 0.3 is 0 Å². The quantitative estimate of drug-likeness (QED) is 0.392. The number of aliphatic imine (C=N–C) groups is 1. The number of nitrogens with zero attached hydrogens (tertiary/aromatic N) is 5. The summed E-state index contributed by atoms with van der Waals surface area (Å²) < 4.78 is 0. The third-order valence-electron chi connectivity index (χ3n) is 5.17. The Labute approximate surface area is 172 Å². The van der Waals surface area contributed by atoms with Crippen molar-refractivity contribution < 1.29 is 4.79 Å². The predicted octanol–water partition coefficient (Wildman–Crippen LogP) is 1.58. The summed E-state index contributed by atoms with van der Waals surface area (Å²) >= 11 is 0. The first-order chi connectivity index (χ1) is 12.1. The number of hydrogen-bond acceptors (Lipinski definition) is 4. The maximum Gasteiger partial charge on any atom is 0.243 e. The van der Waals surface area contributed by atoms with Gasteiger partial charge in [-0.15, -0.1) is 24.0 Å². The van der Waals surface area contributed by atoms with Gasteiger partial charge in [-0.3, -0.25) is 9.89 Å². The Morgan fingerprint density at radius 3 is 2.58 bits per heavy atom. The van der Waals surface area contributed by atoms with Crippen LogP contribution in [0.2, 0.25) is 0 Å². The molecule has 1 aromatic heterocycles. The Bertz CT molecular complexity index is 576. The highest BCUT2D eigenvalue weighted by atomic mass is 127. The molecule has 2 aliphatic rings. The second-order valence-corrected chi connectivity index (χ2v) is 7.19. The maximum absolute atomic E-state index is 11.9. The number of carbonyl (C=O) groups excluding carboxylic acids is 1. The molecule has 3 rings (SSSR count). The number of piperidine rings is 1. The van der Waals surface area contributed by atoms with E-state index in [2.05, 4.69) is 30.4 Å². The Hall–Kier alpha value is -1.39. The van der Waals surface area contributed by atoms with Gasteiger partial charge in [0.2, 0.25) is 5.91 Å². The lowest BCUT2D eigenvalue weighted by Gasteiger charge is -2.34. The number of rotatable bonds is 4. The van der Waals surface area contributed by atoms with Gasteiger partial charge in [-0.1, -0.05) is 12.8 Å². The van der Waals surface area contributed by atoms with E-state index in [1.54, 1.807) is 25.3 Å². The standard InChI is InChI=1S/C17H29N7O.HI/c1-23(2)15(25)11-18-17(21-14-5-3-4-6-14)24-9-7-13(8-10-24)16-19-12-20-22-16;/h12-14H,3-11H2,1-2H3,(H,18,21)(H,19,20,22);1H. The number of halogens is 1. The molecule has 0 aromatic carbocycles. The van der Waals surface area contributed by atoms with Crippen LogP contribution in [-0.4, -0.2) is 76.6 Å². The van der Waals surface area contributed by atoms with E-state index in [1.165, 1.54) is 25.7 Å². The van der Waals surface area contributed by atoms with Crippen molar-refractivity contribution >= 4 is 35.8 Å². The molecule has 9 heteroatoms. The average molecular weight is 475 g/mol. The zero-order valence-corrected chi connectivity index (χ0v) is 18.0. The van der Waals surface area contributed by atoms with Crippen molar-refractivity contribution in [3.8, 4) is 0 Å². The fourth-order valence-corrected chi connectivity index (χ4v) is 3.55. The molecule has 0 radical (unpaired) electrons. The molecule has 0 unspecified atom stereocenters. The molecular weight excluding hydrogens is 445 g/mol. The molecule has 26 heavy (non-hydrogen) atoms. The molecule has 1 saturated carbocycles. The van der Waals surface area contributed by atoms with Crippen LogP contribution in [0.3, 0.4) is 0 Å². The van der Waals surface area contributed by atoms with Gasteiger partial charge in [-0.05, 0) is 25.7 Å². The van der Waals surface area contributed by atoms with Crippen LogP contribution in [0.25, 0.3) is 0 Å². The molecule has 146 valence electrons. The summed E-state index contributed by atoms with van der Waals surface area (Å²) in [5.74, 6) is 2.32. The zero-order valence-electron chi connectivity index (χ0n) is 15.6. The van der Waals surface area contributed by atoms with Gasteiger partial charge in [0.15, 0.2) is 5.96 Å². The molecule has 0 atom stereocenters. The summed E-state index contributed by atoms with van der Waals surface area (Å²) in [6.45, 7) is 2.03. The minimum Gasteiger partial charge on any atom is -0.353 e. The van der Waals surface area contributed by atoms with Crippen molar-refractivity contribution in [1.82, 2.24) is 30.3 Å². The van der Waals surface area contributed by atoms with Crippen LogP contribution in [0, 0.1) is 0 Å². The molecule has 0 bridgehead atoms. The predicted molar refractivity (Wildman–Crippen MR) is 112 cm³/mol. The van der Waals surface area contributed by atoms with Crippen molar-refractivity contribution in [3.05, 3.63) is 12.2 Å². The number of amides is 1. The number of carbonyl (C=O) groups is 1. The van der Waals surface area contributed by atoms with Crippen molar-refractivity contribution in [1.29, 1.82) is 0 Å². The molecule has 1 aliphatic heterocycles. The Balaban J connectivity index is 0.00000243. The number of hydrogen-bond donors (Lipinski definition) is 2. The number of nitrogens with one attached hydrogen (secondary N) is 2. The Kier molecular flexibility index (Phi) is 8.11. The van der Waals surface area contributed by atoms with Gasteiger partial charge in [0.1, 0.15) is 18.7 Å². The fraction of sp³-hybridized carbons (Fsp3) is 0.765. The van der Waals surface area contributed by atoms with E-state index in [0.29, 0.717) is 12.0 Å². The maximum atomic E-state index is 11.9. The lowest BCUT2D eigenvalue weighted by molar-refractivity contribution is -0.127. The lowest BCUT2D eigenvalue weighted by atomic mass is 9.96. The summed E-state index contributed by atoms with van der Waals surface area (Å²) in [5, 5.41) is 10.5. The van der Waals surface area contributed by atoms with Gasteiger partial charge in [0, 0.05) is 39.1 Å². The number of likely N-dealkylation sites (N-methyl/N-ethyl adjacent to an activating group) is 1. The molecule has 0 spiro atoms. The van der Waals surface area contributed by atoms with Gasteiger partial charge in [0.25, 0.3) is 0 Å². The zero-order chi connectivity index (χ0) is 17.6. The van der Waals surface area contributed by atoms with E-state index < -0.39 is 0 Å². The topological polar surface area (TPSA) is 89.5 Å². The van der Waals surface area contributed by atoms with Crippen LogP contribution < -0.4 is 5.32 Å². The van der Waals surface area contributed by atoms with Crippen LogP contribution in [-0.2, 0) is 4.79 Å². The van der Waals surface area contributed by atoms with E-state index in [4.69, 9.17) is 0 Å². The van der Waals surface area contributed by atoms with Gasteiger partial charge in [-0.25, -0.2) is 9.98 Å². The van der Waals surface area contributed by atoms with Crippen LogP contribution in [0.1, 0.15) is 50.3 Å². The lowest BCUT2D eigenvalue weighted by Crippen LogP contribution is -2.48. The van der Waals surface area contributed by atoms with Crippen LogP contribution >= 0.6 is 24.0 Å². The van der Waals surface area contributed by atoms with Crippen molar-refractivity contribution in [2.45, 2.75) is 50.5 Å². The number of H-pyrrole nitrogens is 1. The molecule has 1 aromatic rings. The van der Waals surface area contributed by atoms with Crippen molar-refractivity contribution in [3.63, 3.8) is 0 Å². The van der Waals surface area contributed by atoms with Gasteiger partial charge in [-0.2, -0.15) is 5.10 Å². The highest BCUT2D eigenvalue weighted by molar-refractivity contribution is 14.0. The second-order valence-electron chi connectivity index (χ2n) is 7.19. The number of aromatic amines is 1. The highest BCUT2D eigenvalue weighted by Gasteiger charge is 2.26. The minimum absolute atomic E-state index is 0. The van der Waals surface area contributed by atoms with E-state index in [-0.39, 0.29) is 36.4 Å². The summed E-state index contributed by atoms with van der Waals surface area (Å²) in [5.41, 5.74) is 0. The minimum atomic E-state index is 0. The van der Waals surface area contributed by atoms with Crippen LogP contribution in [0.15, 0.2) is 11.3 Å². The molecule has 2 heterocycles. The Morgan fingerprint density at radius 1 is 1.31 bits per heavy atom. The van der Waals surface area contributed by atoms with E-state index in [9.17, 15) is 4.79 Å². The molecule has 1 saturated heterocycles. The first-order valence-electron chi connectivity index (χ1n) is 9.25. The SMILES string of the molecule is CN(C)C(=O)CN=C(NC1CCCC1)N1CCC(c2ncn[nH]2)CC1.I. The molecule has 1 aliphatic carbocycles. The van der Waals surface area contributed by atoms with Crippen molar-refractivity contribution in [2.75, 3.05) is 33.7 Å². The van der Waals surface area contributed by atoms with E-state index in [1.807, 2.05) is 0 Å². The molecule has 2 N–H and O–H groups in total. The third-order valence-corrected chi connectivity index (χ3v) is 5.17. The summed E-state index contributed by atoms with van der Waals surface area (Å²) in [6, 6.07) is 0.486. The smallest absolute Gasteiger partial charge is 0.243 e. The van der Waals surface area contributed by atoms with Crippen molar-refractivity contribution in [2.24, 2.45) is 4.99 Å². The van der Waals surface area contributed by atoms with E-state index >= 15 is 0 Å². The van der Waals surface area contributed by atoms with Crippen LogP contribution in [0.5, 0.6) is 0 Å². The number of guanidine groups is 1. The average Bonchev–Trinajstić information content (AvgIpc) is 3.32. The number of likely N-dealkylation sites (tertiary alicyclic amines) is 1. The van der Waals surface area contributed by atoms with Gasteiger partial charge in [0.05, 0.1) is 0 Å².